The fourth-order valence-electron chi connectivity index (χ4n) is 3.48. The van der Waals surface area contributed by atoms with Gasteiger partial charge in [-0.2, -0.15) is 0 Å². The number of sulfonamides is 1. The van der Waals surface area contributed by atoms with Gasteiger partial charge < -0.3 is 4.74 Å². The first-order chi connectivity index (χ1) is 14.0. The second kappa shape index (κ2) is 10.0. The van der Waals surface area contributed by atoms with Gasteiger partial charge in [-0.25, -0.2) is 17.9 Å². The molecule has 0 radical (unpaired) electrons. The summed E-state index contributed by atoms with van der Waals surface area (Å²) in [5.74, 6) is -0.462. The Balaban J connectivity index is 1.66. The van der Waals surface area contributed by atoms with Crippen molar-refractivity contribution in [1.29, 1.82) is 0 Å². The average Bonchev–Trinajstić information content (AvgIpc) is 2.74. The van der Waals surface area contributed by atoms with Crippen LogP contribution in [0.2, 0.25) is 0 Å². The third-order valence-electron chi connectivity index (χ3n) is 5.09. The van der Waals surface area contributed by atoms with Gasteiger partial charge in [0, 0.05) is 13.1 Å². The molecule has 1 heterocycles. The number of rotatable bonds is 8. The monoisotopic (exact) mass is 416 g/mol. The standard InChI is InChI=1S/C22H28N2O4S/c1-2-28-22(25)18-10-12-21(13-11-18)29(26,27)23-16-19-8-4-5-9-20(19)17-24-14-6-3-7-15-24/h4-5,8-13,23H,2-3,6-7,14-17H2,1H3. The highest BCUT2D eigenvalue weighted by Gasteiger charge is 2.17. The van der Waals surface area contributed by atoms with Crippen molar-refractivity contribution >= 4 is 16.0 Å². The number of ether oxygens (including phenoxy) is 1. The summed E-state index contributed by atoms with van der Waals surface area (Å²) in [7, 11) is -3.68. The maximum Gasteiger partial charge on any atom is 0.338 e. The molecule has 0 unspecified atom stereocenters. The van der Waals surface area contributed by atoms with E-state index < -0.39 is 16.0 Å². The number of hydrogen-bond acceptors (Lipinski definition) is 5. The number of carbonyl (C=O) groups is 1. The lowest BCUT2D eigenvalue weighted by Gasteiger charge is -2.27. The lowest BCUT2D eigenvalue weighted by atomic mass is 10.1. The zero-order chi connectivity index (χ0) is 20.7. The van der Waals surface area contributed by atoms with Crippen LogP contribution in [0.4, 0.5) is 0 Å². The van der Waals surface area contributed by atoms with Crippen molar-refractivity contribution in [3.63, 3.8) is 0 Å². The minimum atomic E-state index is -3.68. The van der Waals surface area contributed by atoms with Gasteiger partial charge in [-0.1, -0.05) is 30.7 Å². The molecule has 1 aliphatic rings. The van der Waals surface area contributed by atoms with Crippen molar-refractivity contribution in [1.82, 2.24) is 9.62 Å². The lowest BCUT2D eigenvalue weighted by Crippen LogP contribution is -2.30. The van der Waals surface area contributed by atoms with E-state index >= 15 is 0 Å². The maximum atomic E-state index is 12.7. The first-order valence-corrected chi connectivity index (χ1v) is 11.5. The Labute approximate surface area is 172 Å². The molecule has 0 spiro atoms. The van der Waals surface area contributed by atoms with E-state index in [1.54, 1.807) is 6.92 Å². The van der Waals surface area contributed by atoms with Crippen LogP contribution in [0.15, 0.2) is 53.4 Å². The highest BCUT2D eigenvalue weighted by molar-refractivity contribution is 7.89. The van der Waals surface area contributed by atoms with Crippen LogP contribution < -0.4 is 4.72 Å². The first-order valence-electron chi connectivity index (χ1n) is 10.1. The Hall–Kier alpha value is -2.22. The molecule has 156 valence electrons. The predicted molar refractivity (Wildman–Crippen MR) is 112 cm³/mol. The van der Waals surface area contributed by atoms with E-state index in [1.165, 1.54) is 43.5 Å². The summed E-state index contributed by atoms with van der Waals surface area (Å²) >= 11 is 0. The summed E-state index contributed by atoms with van der Waals surface area (Å²) in [4.78, 5) is 14.3. The van der Waals surface area contributed by atoms with E-state index in [0.29, 0.717) is 5.56 Å². The smallest absolute Gasteiger partial charge is 0.338 e. The Morgan fingerprint density at radius 3 is 2.31 bits per heavy atom. The topological polar surface area (TPSA) is 75.7 Å². The van der Waals surface area contributed by atoms with Crippen LogP contribution in [0.1, 0.15) is 47.7 Å². The van der Waals surface area contributed by atoms with Gasteiger partial charge in [0.05, 0.1) is 17.1 Å². The Morgan fingerprint density at radius 1 is 1.00 bits per heavy atom. The summed E-state index contributed by atoms with van der Waals surface area (Å²) in [6.07, 6.45) is 3.72. The van der Waals surface area contributed by atoms with Crippen molar-refractivity contribution in [2.75, 3.05) is 19.7 Å². The van der Waals surface area contributed by atoms with E-state index in [-0.39, 0.29) is 18.0 Å². The average molecular weight is 417 g/mol. The largest absolute Gasteiger partial charge is 0.462 e. The molecule has 2 aromatic rings. The SMILES string of the molecule is CCOC(=O)c1ccc(S(=O)(=O)NCc2ccccc2CN2CCCCC2)cc1. The van der Waals surface area contributed by atoms with Crippen LogP contribution in [-0.4, -0.2) is 39.0 Å². The fraction of sp³-hybridized carbons (Fsp3) is 0.409. The fourth-order valence-corrected chi connectivity index (χ4v) is 4.49. The van der Waals surface area contributed by atoms with Crippen molar-refractivity contribution < 1.29 is 17.9 Å². The first kappa shape index (κ1) is 21.5. The number of benzene rings is 2. The van der Waals surface area contributed by atoms with Gasteiger partial charge in [0.1, 0.15) is 0 Å². The van der Waals surface area contributed by atoms with E-state index in [4.69, 9.17) is 4.74 Å². The number of likely N-dealkylation sites (tertiary alicyclic amines) is 1. The van der Waals surface area contributed by atoms with Crippen LogP contribution in [0, 0.1) is 0 Å². The van der Waals surface area contributed by atoms with Crippen molar-refractivity contribution in [2.45, 2.75) is 44.2 Å². The molecule has 1 N–H and O–H groups in total. The molecule has 29 heavy (non-hydrogen) atoms. The van der Waals surface area contributed by atoms with Gasteiger partial charge in [0.25, 0.3) is 0 Å². The summed E-state index contributed by atoms with van der Waals surface area (Å²) < 4.78 is 33.0. The number of hydrogen-bond donors (Lipinski definition) is 1. The van der Waals surface area contributed by atoms with E-state index in [9.17, 15) is 13.2 Å². The van der Waals surface area contributed by atoms with E-state index in [1.807, 2.05) is 18.2 Å². The van der Waals surface area contributed by atoms with Crippen molar-refractivity contribution in [2.24, 2.45) is 0 Å². The molecule has 0 atom stereocenters. The summed E-state index contributed by atoms with van der Waals surface area (Å²) in [6, 6.07) is 13.7. The third kappa shape index (κ3) is 5.88. The molecular weight excluding hydrogens is 388 g/mol. The number of esters is 1. The molecule has 1 fully saturated rings. The third-order valence-corrected chi connectivity index (χ3v) is 6.51. The van der Waals surface area contributed by atoms with Crippen LogP contribution in [-0.2, 0) is 27.8 Å². The molecular formula is C22H28N2O4S. The molecule has 1 saturated heterocycles. The normalized spacial score (nSPS) is 15.2. The van der Waals surface area contributed by atoms with E-state index in [2.05, 4.69) is 15.7 Å². The van der Waals surface area contributed by atoms with Gasteiger partial charge in [0.15, 0.2) is 0 Å². The Bertz CT molecular complexity index is 920. The van der Waals surface area contributed by atoms with Crippen LogP contribution in [0.25, 0.3) is 0 Å². The molecule has 0 amide bonds. The molecule has 0 aromatic heterocycles. The predicted octanol–water partition coefficient (Wildman–Crippen LogP) is 3.33. The number of nitrogens with zero attached hydrogens (tertiary/aromatic N) is 1. The summed E-state index contributed by atoms with van der Waals surface area (Å²) in [6.45, 7) is 5.25. The Morgan fingerprint density at radius 2 is 1.66 bits per heavy atom. The highest BCUT2D eigenvalue weighted by atomic mass is 32.2. The van der Waals surface area contributed by atoms with Crippen molar-refractivity contribution in [3.8, 4) is 0 Å². The molecule has 3 rings (SSSR count). The van der Waals surface area contributed by atoms with Gasteiger partial charge in [-0.3, -0.25) is 4.90 Å². The van der Waals surface area contributed by atoms with Gasteiger partial charge in [-0.15, -0.1) is 0 Å². The minimum absolute atomic E-state index is 0.124. The minimum Gasteiger partial charge on any atom is -0.462 e. The highest BCUT2D eigenvalue weighted by Crippen LogP contribution is 2.17. The summed E-state index contributed by atoms with van der Waals surface area (Å²) in [5, 5.41) is 0. The molecule has 0 bridgehead atoms. The van der Waals surface area contributed by atoms with Crippen LogP contribution in [0.3, 0.4) is 0 Å². The Kier molecular flexibility index (Phi) is 7.41. The zero-order valence-electron chi connectivity index (χ0n) is 16.8. The molecule has 2 aromatic carbocycles. The lowest BCUT2D eigenvalue weighted by molar-refractivity contribution is 0.0526. The van der Waals surface area contributed by atoms with E-state index in [0.717, 1.165) is 30.8 Å². The van der Waals surface area contributed by atoms with Gasteiger partial charge >= 0.3 is 5.97 Å². The van der Waals surface area contributed by atoms with Crippen LogP contribution in [0.5, 0.6) is 0 Å². The van der Waals surface area contributed by atoms with Gasteiger partial charge in [-0.05, 0) is 68.2 Å². The second-order valence-corrected chi connectivity index (χ2v) is 8.94. The summed E-state index contributed by atoms with van der Waals surface area (Å²) in [5.41, 5.74) is 2.46. The molecule has 1 aliphatic heterocycles. The molecule has 6 nitrogen and oxygen atoms in total. The number of nitrogens with one attached hydrogen (secondary N) is 1. The van der Waals surface area contributed by atoms with Gasteiger partial charge in [0.2, 0.25) is 10.0 Å². The van der Waals surface area contributed by atoms with Crippen LogP contribution >= 0.6 is 0 Å². The molecule has 0 aliphatic carbocycles. The maximum absolute atomic E-state index is 12.7. The molecule has 0 saturated carbocycles. The number of piperidine rings is 1. The number of carbonyl (C=O) groups excluding carboxylic acids is 1. The quantitative estimate of drug-likeness (QED) is 0.668. The van der Waals surface area contributed by atoms with Crippen molar-refractivity contribution in [3.05, 3.63) is 65.2 Å². The second-order valence-electron chi connectivity index (χ2n) is 7.17. The zero-order valence-corrected chi connectivity index (χ0v) is 17.6. The molecule has 7 heteroatoms.